The van der Waals surface area contributed by atoms with Crippen molar-refractivity contribution >= 4 is 17.8 Å². The second kappa shape index (κ2) is 8.24. The van der Waals surface area contributed by atoms with Crippen LogP contribution in [-0.2, 0) is 15.1 Å². The first-order valence-corrected chi connectivity index (χ1v) is 9.33. The highest BCUT2D eigenvalue weighted by molar-refractivity contribution is 6.09. The van der Waals surface area contributed by atoms with Crippen LogP contribution in [-0.4, -0.2) is 47.3 Å². The molecule has 0 saturated carbocycles. The molecule has 8 heteroatoms. The molecule has 1 unspecified atom stereocenters. The first-order valence-electron chi connectivity index (χ1n) is 9.33. The Morgan fingerprint density at radius 1 is 1.11 bits per heavy atom. The number of nitrogens with one attached hydrogen (secondary N) is 1. The number of halogens is 2. The molecule has 0 aliphatic carbocycles. The average molecular weight is 395 g/mol. The van der Waals surface area contributed by atoms with E-state index in [2.05, 4.69) is 5.32 Å². The number of benzene rings is 1. The summed E-state index contributed by atoms with van der Waals surface area (Å²) in [6, 6.07) is 2.28. The van der Waals surface area contributed by atoms with Gasteiger partial charge in [-0.05, 0) is 36.5 Å². The van der Waals surface area contributed by atoms with E-state index < -0.39 is 35.7 Å². The summed E-state index contributed by atoms with van der Waals surface area (Å²) in [6.07, 6.45) is 0. The third-order valence-corrected chi connectivity index (χ3v) is 4.59. The molecule has 1 fully saturated rings. The molecular weight excluding hydrogens is 368 g/mol. The molecule has 28 heavy (non-hydrogen) atoms. The Hall–Kier alpha value is -2.51. The lowest BCUT2D eigenvalue weighted by Gasteiger charge is -2.28. The Morgan fingerprint density at radius 2 is 1.68 bits per heavy atom. The van der Waals surface area contributed by atoms with E-state index in [9.17, 15) is 23.2 Å². The third kappa shape index (κ3) is 4.48. The lowest BCUT2D eigenvalue weighted by Crippen LogP contribution is -2.46. The van der Waals surface area contributed by atoms with E-state index >= 15 is 0 Å². The molecule has 1 aliphatic heterocycles. The molecule has 2 rings (SSSR count). The minimum Gasteiger partial charge on any atom is -0.341 e. The molecule has 1 N–H and O–H groups in total. The summed E-state index contributed by atoms with van der Waals surface area (Å²) < 4.78 is 26.8. The van der Waals surface area contributed by atoms with Crippen LogP contribution >= 0.6 is 0 Å². The fraction of sp³-hybridized carbons (Fsp3) is 0.550. The molecule has 0 spiro atoms. The van der Waals surface area contributed by atoms with Gasteiger partial charge in [-0.2, -0.15) is 0 Å². The number of urea groups is 1. The number of nitrogens with zero attached hydrogens (tertiary/aromatic N) is 2. The predicted molar refractivity (Wildman–Crippen MR) is 100 cm³/mol. The van der Waals surface area contributed by atoms with E-state index in [1.165, 1.54) is 13.0 Å². The van der Waals surface area contributed by atoms with Crippen molar-refractivity contribution in [2.45, 2.75) is 40.2 Å². The van der Waals surface area contributed by atoms with Crippen molar-refractivity contribution in [2.24, 2.45) is 11.8 Å². The second-order valence-corrected chi connectivity index (χ2v) is 8.16. The maximum absolute atomic E-state index is 13.6. The van der Waals surface area contributed by atoms with Gasteiger partial charge in [0.25, 0.3) is 5.91 Å². The van der Waals surface area contributed by atoms with Gasteiger partial charge in [-0.25, -0.2) is 13.6 Å². The quantitative estimate of drug-likeness (QED) is 0.722. The smallest absolute Gasteiger partial charge is 0.325 e. The van der Waals surface area contributed by atoms with Crippen molar-refractivity contribution in [3.63, 3.8) is 0 Å². The van der Waals surface area contributed by atoms with Gasteiger partial charge in [-0.1, -0.05) is 33.8 Å². The largest absolute Gasteiger partial charge is 0.341 e. The van der Waals surface area contributed by atoms with Gasteiger partial charge < -0.3 is 10.2 Å². The van der Waals surface area contributed by atoms with Crippen LogP contribution < -0.4 is 5.32 Å². The van der Waals surface area contributed by atoms with Crippen molar-refractivity contribution < 1.29 is 23.2 Å². The highest BCUT2D eigenvalue weighted by atomic mass is 19.2. The minimum absolute atomic E-state index is 0.112. The van der Waals surface area contributed by atoms with Crippen molar-refractivity contribution in [2.75, 3.05) is 19.6 Å². The van der Waals surface area contributed by atoms with Crippen molar-refractivity contribution in [3.8, 4) is 0 Å². The molecule has 1 heterocycles. The topological polar surface area (TPSA) is 69.7 Å². The van der Waals surface area contributed by atoms with Crippen LogP contribution in [0.2, 0.25) is 0 Å². The van der Waals surface area contributed by atoms with Crippen LogP contribution in [0.15, 0.2) is 18.2 Å². The van der Waals surface area contributed by atoms with Crippen LogP contribution in [0.4, 0.5) is 13.6 Å². The lowest BCUT2D eigenvalue weighted by atomic mass is 9.92. The molecule has 154 valence electrons. The Kier molecular flexibility index (Phi) is 6.41. The number of carbonyl (C=O) groups is 3. The fourth-order valence-corrected chi connectivity index (χ4v) is 3.24. The van der Waals surface area contributed by atoms with Crippen LogP contribution in [0.1, 0.15) is 40.2 Å². The lowest BCUT2D eigenvalue weighted by molar-refractivity contribution is -0.139. The number of hydrogen-bond donors (Lipinski definition) is 1. The maximum atomic E-state index is 13.6. The maximum Gasteiger partial charge on any atom is 0.325 e. The van der Waals surface area contributed by atoms with E-state index in [0.717, 1.165) is 17.0 Å². The SMILES string of the molecule is CC(C)CN(CC(C)C)C(=O)CN1C(=O)NC(C)(c2ccc(F)c(F)c2)C1=O. The number of rotatable bonds is 7. The van der Waals surface area contributed by atoms with Crippen LogP contribution in [0.25, 0.3) is 0 Å². The predicted octanol–water partition coefficient (Wildman–Crippen LogP) is 2.87. The molecule has 1 aromatic rings. The Balaban J connectivity index is 2.22. The van der Waals surface area contributed by atoms with Gasteiger partial charge in [0.15, 0.2) is 11.6 Å². The monoisotopic (exact) mass is 395 g/mol. The first kappa shape index (κ1) is 21.8. The normalized spacial score (nSPS) is 19.5. The highest BCUT2D eigenvalue weighted by Crippen LogP contribution is 2.29. The Morgan fingerprint density at radius 3 is 2.18 bits per heavy atom. The van der Waals surface area contributed by atoms with Gasteiger partial charge in [0.05, 0.1) is 0 Å². The zero-order valence-corrected chi connectivity index (χ0v) is 16.9. The summed E-state index contributed by atoms with van der Waals surface area (Å²) in [5, 5.41) is 2.50. The summed E-state index contributed by atoms with van der Waals surface area (Å²) in [5.74, 6) is -2.70. The summed E-state index contributed by atoms with van der Waals surface area (Å²) in [7, 11) is 0. The van der Waals surface area contributed by atoms with Gasteiger partial charge in [0.1, 0.15) is 12.1 Å². The molecule has 0 radical (unpaired) electrons. The molecule has 1 aromatic carbocycles. The second-order valence-electron chi connectivity index (χ2n) is 8.16. The van der Waals surface area contributed by atoms with Crippen molar-refractivity contribution in [3.05, 3.63) is 35.4 Å². The van der Waals surface area contributed by atoms with E-state index in [1.54, 1.807) is 4.90 Å². The van der Waals surface area contributed by atoms with Crippen LogP contribution in [0, 0.1) is 23.5 Å². The standard InChI is InChI=1S/C20H27F2N3O3/c1-12(2)9-24(10-13(3)4)17(26)11-25-18(27)20(5,23-19(25)28)14-6-7-15(21)16(22)8-14/h6-8,12-13H,9-11H2,1-5H3,(H,23,28). The van der Waals surface area contributed by atoms with Gasteiger partial charge in [-0.3, -0.25) is 14.5 Å². The number of carbonyl (C=O) groups excluding carboxylic acids is 3. The zero-order valence-electron chi connectivity index (χ0n) is 16.9. The molecule has 4 amide bonds. The van der Waals surface area contributed by atoms with Crippen molar-refractivity contribution in [1.82, 2.24) is 15.1 Å². The molecule has 1 atom stereocenters. The Bertz CT molecular complexity index is 772. The molecule has 1 saturated heterocycles. The van der Waals surface area contributed by atoms with Gasteiger partial charge >= 0.3 is 6.03 Å². The summed E-state index contributed by atoms with van der Waals surface area (Å²) in [4.78, 5) is 40.5. The van der Waals surface area contributed by atoms with Gasteiger partial charge in [0.2, 0.25) is 5.91 Å². The molecule has 1 aliphatic rings. The summed E-state index contributed by atoms with van der Waals surface area (Å²) in [5.41, 5.74) is -1.45. The van der Waals surface area contributed by atoms with Gasteiger partial charge in [0, 0.05) is 13.1 Å². The molecular formula is C20H27F2N3O3. The van der Waals surface area contributed by atoms with E-state index in [4.69, 9.17) is 0 Å². The molecule has 0 bridgehead atoms. The van der Waals surface area contributed by atoms with E-state index in [0.29, 0.717) is 13.1 Å². The average Bonchev–Trinajstić information content (AvgIpc) is 2.80. The third-order valence-electron chi connectivity index (χ3n) is 4.59. The minimum atomic E-state index is -1.56. The van der Waals surface area contributed by atoms with Crippen molar-refractivity contribution in [1.29, 1.82) is 0 Å². The first-order chi connectivity index (χ1) is 13.0. The van der Waals surface area contributed by atoms with E-state index in [-0.39, 0.29) is 23.3 Å². The number of amides is 4. The molecule has 6 nitrogen and oxygen atoms in total. The van der Waals surface area contributed by atoms with Crippen LogP contribution in [0.5, 0.6) is 0 Å². The zero-order chi connectivity index (χ0) is 21.2. The van der Waals surface area contributed by atoms with Crippen LogP contribution in [0.3, 0.4) is 0 Å². The summed E-state index contributed by atoms with van der Waals surface area (Å²) >= 11 is 0. The summed E-state index contributed by atoms with van der Waals surface area (Å²) in [6.45, 7) is 9.96. The fourth-order valence-electron chi connectivity index (χ4n) is 3.24. The number of hydrogen-bond acceptors (Lipinski definition) is 3. The van der Waals surface area contributed by atoms with Gasteiger partial charge in [-0.15, -0.1) is 0 Å². The van der Waals surface area contributed by atoms with E-state index in [1.807, 2.05) is 27.7 Å². The highest BCUT2D eigenvalue weighted by Gasteiger charge is 2.50. The number of imide groups is 1. The Labute approximate surface area is 163 Å². The molecule has 0 aromatic heterocycles.